The average molecular weight is 364 g/mol. The van der Waals surface area contributed by atoms with E-state index in [4.69, 9.17) is 14.6 Å². The van der Waals surface area contributed by atoms with Crippen LogP contribution in [0.3, 0.4) is 0 Å². The summed E-state index contributed by atoms with van der Waals surface area (Å²) in [6.07, 6.45) is 2.10. The molecule has 0 amide bonds. The second kappa shape index (κ2) is 7.65. The van der Waals surface area contributed by atoms with E-state index in [1.807, 2.05) is 4.90 Å². The van der Waals surface area contributed by atoms with E-state index < -0.39 is 17.6 Å². The summed E-state index contributed by atoms with van der Waals surface area (Å²) in [7, 11) is 1.49. The standard InChI is InChI=1S/C18H18F2N2O4/c1-25-4-5-26-16-8-13(7-14(19)17(16)20)22-3-2-11-6-15(18(23)24)21-9-12(11)10-22/h6-9H,2-5,10H2,1H3,(H,23,24). The number of nitrogens with zero attached hydrogens (tertiary/aromatic N) is 2. The summed E-state index contributed by atoms with van der Waals surface area (Å²) in [5.41, 5.74) is 2.24. The third-order valence-electron chi connectivity index (χ3n) is 4.20. The molecule has 0 saturated carbocycles. The van der Waals surface area contributed by atoms with Crippen molar-refractivity contribution >= 4 is 11.7 Å². The van der Waals surface area contributed by atoms with Crippen LogP contribution < -0.4 is 9.64 Å². The predicted octanol–water partition coefficient (Wildman–Crippen LogP) is 2.65. The summed E-state index contributed by atoms with van der Waals surface area (Å²) in [6, 6.07) is 4.14. The number of aromatic nitrogens is 1. The van der Waals surface area contributed by atoms with Gasteiger partial charge in [-0.25, -0.2) is 14.2 Å². The van der Waals surface area contributed by atoms with Crippen molar-refractivity contribution < 1.29 is 28.2 Å². The molecule has 1 aromatic heterocycles. The molecular weight excluding hydrogens is 346 g/mol. The van der Waals surface area contributed by atoms with Crippen molar-refractivity contribution in [1.82, 2.24) is 4.98 Å². The first-order valence-electron chi connectivity index (χ1n) is 8.06. The Kier molecular flexibility index (Phi) is 5.32. The number of hydrogen-bond donors (Lipinski definition) is 1. The van der Waals surface area contributed by atoms with Gasteiger partial charge >= 0.3 is 5.97 Å². The number of rotatable bonds is 6. The number of carboxylic acids is 1. The lowest BCUT2D eigenvalue weighted by molar-refractivity contribution is 0.0690. The fraction of sp³-hybridized carbons (Fsp3) is 0.333. The van der Waals surface area contributed by atoms with Crippen LogP contribution in [0.5, 0.6) is 5.75 Å². The van der Waals surface area contributed by atoms with E-state index in [-0.39, 0.29) is 24.7 Å². The predicted molar refractivity (Wildman–Crippen MR) is 89.7 cm³/mol. The minimum atomic E-state index is -1.08. The smallest absolute Gasteiger partial charge is 0.354 e. The van der Waals surface area contributed by atoms with Crippen molar-refractivity contribution in [3.8, 4) is 5.75 Å². The van der Waals surface area contributed by atoms with Crippen LogP contribution in [0.2, 0.25) is 0 Å². The zero-order valence-corrected chi connectivity index (χ0v) is 14.2. The van der Waals surface area contributed by atoms with Gasteiger partial charge in [0.2, 0.25) is 5.82 Å². The van der Waals surface area contributed by atoms with Crippen molar-refractivity contribution in [3.63, 3.8) is 0 Å². The van der Waals surface area contributed by atoms with Gasteiger partial charge in [-0.05, 0) is 23.6 Å². The zero-order chi connectivity index (χ0) is 18.7. The molecule has 8 heteroatoms. The highest BCUT2D eigenvalue weighted by molar-refractivity contribution is 5.85. The lowest BCUT2D eigenvalue weighted by Crippen LogP contribution is -2.31. The Morgan fingerprint density at radius 3 is 2.81 bits per heavy atom. The highest BCUT2D eigenvalue weighted by atomic mass is 19.2. The molecule has 3 rings (SSSR count). The van der Waals surface area contributed by atoms with Gasteiger partial charge in [-0.1, -0.05) is 0 Å². The van der Waals surface area contributed by atoms with Crippen LogP contribution in [0.15, 0.2) is 24.4 Å². The number of methoxy groups -OCH3 is 1. The molecule has 0 radical (unpaired) electrons. The molecule has 1 aromatic carbocycles. The van der Waals surface area contributed by atoms with Crippen LogP contribution >= 0.6 is 0 Å². The molecule has 6 nitrogen and oxygen atoms in total. The summed E-state index contributed by atoms with van der Waals surface area (Å²) < 4.78 is 38.0. The number of benzene rings is 1. The van der Waals surface area contributed by atoms with E-state index in [0.717, 1.165) is 17.2 Å². The lowest BCUT2D eigenvalue weighted by atomic mass is 10.0. The summed E-state index contributed by atoms with van der Waals surface area (Å²) >= 11 is 0. The Balaban J connectivity index is 1.82. The molecule has 1 N–H and O–H groups in total. The van der Waals surface area contributed by atoms with Crippen LogP contribution in [-0.2, 0) is 17.7 Å². The van der Waals surface area contributed by atoms with Gasteiger partial charge in [-0.15, -0.1) is 0 Å². The molecule has 2 heterocycles. The maximum Gasteiger partial charge on any atom is 0.354 e. The Morgan fingerprint density at radius 1 is 1.27 bits per heavy atom. The van der Waals surface area contributed by atoms with Gasteiger partial charge in [0.1, 0.15) is 12.3 Å². The number of hydrogen-bond acceptors (Lipinski definition) is 5. The highest BCUT2D eigenvalue weighted by Gasteiger charge is 2.21. The summed E-state index contributed by atoms with van der Waals surface area (Å²) in [5, 5.41) is 9.02. The lowest BCUT2D eigenvalue weighted by Gasteiger charge is -2.31. The van der Waals surface area contributed by atoms with E-state index in [9.17, 15) is 13.6 Å². The molecular formula is C18H18F2N2O4. The number of anilines is 1. The Hall–Kier alpha value is -2.74. The third-order valence-corrected chi connectivity index (χ3v) is 4.20. The Morgan fingerprint density at radius 2 is 2.08 bits per heavy atom. The van der Waals surface area contributed by atoms with E-state index in [1.165, 1.54) is 19.4 Å². The number of carbonyl (C=O) groups is 1. The van der Waals surface area contributed by atoms with Gasteiger partial charge < -0.3 is 19.5 Å². The Labute approximate surface area is 149 Å². The molecule has 1 aliphatic rings. The van der Waals surface area contributed by atoms with Gasteiger partial charge in [-0.3, -0.25) is 0 Å². The first-order chi connectivity index (χ1) is 12.5. The SMILES string of the molecule is COCCOc1cc(N2CCc3cc(C(=O)O)ncc3C2)cc(F)c1F. The van der Waals surface area contributed by atoms with Crippen molar-refractivity contribution in [2.75, 3.05) is 31.8 Å². The highest BCUT2D eigenvalue weighted by Crippen LogP contribution is 2.31. The van der Waals surface area contributed by atoms with Crippen molar-refractivity contribution in [3.05, 3.63) is 52.9 Å². The van der Waals surface area contributed by atoms with Crippen molar-refractivity contribution in [2.45, 2.75) is 13.0 Å². The van der Waals surface area contributed by atoms with Crippen LogP contribution in [0, 0.1) is 11.6 Å². The molecule has 0 unspecified atom stereocenters. The number of fused-ring (bicyclic) bond motifs is 1. The van der Waals surface area contributed by atoms with Crippen LogP contribution in [0.4, 0.5) is 14.5 Å². The Bertz CT molecular complexity index is 829. The number of pyridine rings is 1. The van der Waals surface area contributed by atoms with Gasteiger partial charge in [0.25, 0.3) is 0 Å². The molecule has 0 bridgehead atoms. The number of carboxylic acid groups (broad SMARTS) is 1. The molecule has 26 heavy (non-hydrogen) atoms. The van der Waals surface area contributed by atoms with E-state index >= 15 is 0 Å². The van der Waals surface area contributed by atoms with E-state index in [0.29, 0.717) is 25.2 Å². The maximum absolute atomic E-state index is 14.0. The second-order valence-corrected chi connectivity index (χ2v) is 5.90. The normalized spacial score (nSPS) is 13.4. The zero-order valence-electron chi connectivity index (χ0n) is 14.2. The van der Waals surface area contributed by atoms with Crippen molar-refractivity contribution in [1.29, 1.82) is 0 Å². The van der Waals surface area contributed by atoms with Crippen LogP contribution in [0.1, 0.15) is 21.6 Å². The van der Waals surface area contributed by atoms with E-state index in [2.05, 4.69) is 4.98 Å². The average Bonchev–Trinajstić information content (AvgIpc) is 2.64. The topological polar surface area (TPSA) is 71.9 Å². The maximum atomic E-state index is 14.0. The van der Waals surface area contributed by atoms with E-state index in [1.54, 1.807) is 6.07 Å². The largest absolute Gasteiger partial charge is 0.488 e. The van der Waals surface area contributed by atoms with Gasteiger partial charge in [0, 0.05) is 44.2 Å². The first kappa shape index (κ1) is 18.1. The molecule has 2 aromatic rings. The first-order valence-corrected chi connectivity index (χ1v) is 8.06. The minimum Gasteiger partial charge on any atom is -0.488 e. The second-order valence-electron chi connectivity index (χ2n) is 5.90. The van der Waals surface area contributed by atoms with Gasteiger partial charge in [0.15, 0.2) is 11.6 Å². The third kappa shape index (κ3) is 3.75. The van der Waals surface area contributed by atoms with Gasteiger partial charge in [-0.2, -0.15) is 4.39 Å². The quantitative estimate of drug-likeness (QED) is 0.795. The summed E-state index contributed by atoms with van der Waals surface area (Å²) in [5.74, 6) is -3.26. The number of halogens is 2. The molecule has 0 fully saturated rings. The minimum absolute atomic E-state index is 0.00106. The van der Waals surface area contributed by atoms with Crippen LogP contribution in [0.25, 0.3) is 0 Å². The fourth-order valence-electron chi connectivity index (χ4n) is 2.85. The summed E-state index contributed by atoms with van der Waals surface area (Å²) in [4.78, 5) is 16.8. The van der Waals surface area contributed by atoms with Gasteiger partial charge in [0.05, 0.1) is 6.61 Å². The molecule has 0 spiro atoms. The summed E-state index contributed by atoms with van der Waals surface area (Å²) in [6.45, 7) is 1.34. The molecule has 0 saturated heterocycles. The molecule has 0 atom stereocenters. The molecule has 1 aliphatic heterocycles. The molecule has 0 aliphatic carbocycles. The fourth-order valence-corrected chi connectivity index (χ4v) is 2.85. The monoisotopic (exact) mass is 364 g/mol. The molecule has 138 valence electrons. The van der Waals surface area contributed by atoms with Crippen molar-refractivity contribution in [2.24, 2.45) is 0 Å². The number of ether oxygens (including phenoxy) is 2. The number of aromatic carboxylic acids is 1. The van der Waals surface area contributed by atoms with Crippen LogP contribution in [-0.4, -0.2) is 42.9 Å².